The summed E-state index contributed by atoms with van der Waals surface area (Å²) in [4.78, 5) is 4.38. The second-order valence-corrected chi connectivity index (χ2v) is 5.11. The van der Waals surface area contributed by atoms with Crippen molar-refractivity contribution in [2.24, 2.45) is 5.73 Å². The van der Waals surface area contributed by atoms with E-state index in [1.54, 1.807) is 17.8 Å². The van der Waals surface area contributed by atoms with Crippen LogP contribution < -0.4 is 5.73 Å². The molecule has 0 fully saturated rings. The van der Waals surface area contributed by atoms with E-state index in [9.17, 15) is 0 Å². The molecule has 2 aromatic heterocycles. The maximum atomic E-state index is 5.93. The predicted molar refractivity (Wildman–Crippen MR) is 81.8 cm³/mol. The molecule has 0 amide bonds. The average Bonchev–Trinajstić information content (AvgIpc) is 2.95. The van der Waals surface area contributed by atoms with E-state index >= 15 is 0 Å². The van der Waals surface area contributed by atoms with Crippen molar-refractivity contribution in [3.05, 3.63) is 54.5 Å². The van der Waals surface area contributed by atoms with E-state index in [4.69, 9.17) is 10.5 Å². The number of fused-ring (bicyclic) bond motifs is 1. The Bertz CT molecular complexity index is 733. The van der Waals surface area contributed by atoms with Gasteiger partial charge in [-0.1, -0.05) is 24.3 Å². The number of hydrogen-bond acceptors (Lipinski definition) is 4. The van der Waals surface area contributed by atoms with Crippen LogP contribution in [-0.4, -0.2) is 27.7 Å². The second kappa shape index (κ2) is 5.63. The molecule has 2 unspecified atom stereocenters. The van der Waals surface area contributed by atoms with Crippen LogP contribution in [0.2, 0.25) is 0 Å². The molecule has 1 aromatic carbocycles. The van der Waals surface area contributed by atoms with Crippen LogP contribution in [-0.2, 0) is 4.74 Å². The van der Waals surface area contributed by atoms with Gasteiger partial charge in [-0.25, -0.2) is 9.50 Å². The number of nitrogens with zero attached hydrogens (tertiary/aromatic N) is 3. The summed E-state index contributed by atoms with van der Waals surface area (Å²) < 4.78 is 7.21. The normalized spacial score (nSPS) is 14.2. The van der Waals surface area contributed by atoms with Gasteiger partial charge in [0, 0.05) is 37.2 Å². The van der Waals surface area contributed by atoms with E-state index in [0.29, 0.717) is 0 Å². The maximum absolute atomic E-state index is 5.93. The number of hydrogen-bond donors (Lipinski definition) is 1. The van der Waals surface area contributed by atoms with E-state index in [1.165, 1.54) is 0 Å². The molecular weight excluding hydrogens is 264 g/mol. The molecule has 3 aromatic rings. The van der Waals surface area contributed by atoms with Crippen molar-refractivity contribution in [1.82, 2.24) is 14.6 Å². The van der Waals surface area contributed by atoms with Gasteiger partial charge in [0.15, 0.2) is 5.65 Å². The monoisotopic (exact) mass is 282 g/mol. The zero-order valence-corrected chi connectivity index (χ0v) is 12.1. The van der Waals surface area contributed by atoms with Crippen molar-refractivity contribution in [3.8, 4) is 11.1 Å². The first kappa shape index (κ1) is 13.7. The highest BCUT2D eigenvalue weighted by molar-refractivity contribution is 5.63. The van der Waals surface area contributed by atoms with Crippen LogP contribution in [0.25, 0.3) is 16.8 Å². The molecule has 2 N–H and O–H groups in total. The Hall–Kier alpha value is -2.24. The molecule has 0 bridgehead atoms. The summed E-state index contributed by atoms with van der Waals surface area (Å²) in [6, 6.07) is 10.0. The Morgan fingerprint density at radius 1 is 1.14 bits per heavy atom. The van der Waals surface area contributed by atoms with Crippen LogP contribution in [0.1, 0.15) is 18.6 Å². The van der Waals surface area contributed by atoms with Crippen molar-refractivity contribution < 1.29 is 4.74 Å². The maximum Gasteiger partial charge on any atom is 0.154 e. The molecule has 0 saturated heterocycles. The zero-order valence-electron chi connectivity index (χ0n) is 12.1. The lowest BCUT2D eigenvalue weighted by molar-refractivity contribution is 0.0854. The van der Waals surface area contributed by atoms with E-state index < -0.39 is 0 Å². The molecule has 2 heterocycles. The quantitative estimate of drug-likeness (QED) is 0.798. The van der Waals surface area contributed by atoms with Crippen LogP contribution >= 0.6 is 0 Å². The van der Waals surface area contributed by atoms with Gasteiger partial charge in [0.2, 0.25) is 0 Å². The van der Waals surface area contributed by atoms with E-state index in [1.807, 2.05) is 37.5 Å². The van der Waals surface area contributed by atoms with Crippen molar-refractivity contribution in [3.63, 3.8) is 0 Å². The fourth-order valence-corrected chi connectivity index (χ4v) is 2.48. The van der Waals surface area contributed by atoms with Gasteiger partial charge in [0.1, 0.15) is 0 Å². The predicted octanol–water partition coefficient (Wildman–Crippen LogP) is 2.43. The minimum Gasteiger partial charge on any atom is -0.375 e. The lowest BCUT2D eigenvalue weighted by Gasteiger charge is -2.19. The molecular formula is C16H18N4O. The van der Waals surface area contributed by atoms with Crippen molar-refractivity contribution in [1.29, 1.82) is 0 Å². The molecule has 108 valence electrons. The number of nitrogens with two attached hydrogens (primary N) is 1. The van der Waals surface area contributed by atoms with Gasteiger partial charge in [-0.05, 0) is 18.1 Å². The first-order valence-corrected chi connectivity index (χ1v) is 6.87. The summed E-state index contributed by atoms with van der Waals surface area (Å²) >= 11 is 0. The fourth-order valence-electron chi connectivity index (χ4n) is 2.48. The molecule has 0 spiro atoms. The third-order valence-corrected chi connectivity index (χ3v) is 3.55. The minimum absolute atomic E-state index is 0.0528. The molecule has 5 heteroatoms. The van der Waals surface area contributed by atoms with Crippen LogP contribution in [0, 0.1) is 0 Å². The first-order chi connectivity index (χ1) is 10.2. The number of methoxy groups -OCH3 is 1. The molecule has 2 atom stereocenters. The van der Waals surface area contributed by atoms with Gasteiger partial charge in [-0.15, -0.1) is 0 Å². The second-order valence-electron chi connectivity index (χ2n) is 5.11. The highest BCUT2D eigenvalue weighted by atomic mass is 16.5. The summed E-state index contributed by atoms with van der Waals surface area (Å²) in [5.41, 5.74) is 9.95. The van der Waals surface area contributed by atoms with Gasteiger partial charge in [0.05, 0.1) is 12.3 Å². The highest BCUT2D eigenvalue weighted by Gasteiger charge is 2.15. The van der Waals surface area contributed by atoms with E-state index in [-0.39, 0.29) is 12.1 Å². The van der Waals surface area contributed by atoms with E-state index in [2.05, 4.69) is 22.2 Å². The minimum atomic E-state index is -0.0919. The molecule has 5 nitrogen and oxygen atoms in total. The molecule has 0 aliphatic rings. The Kier molecular flexibility index (Phi) is 3.68. The van der Waals surface area contributed by atoms with Gasteiger partial charge in [-0.3, -0.25) is 0 Å². The summed E-state index contributed by atoms with van der Waals surface area (Å²) in [5, 5.41) is 4.20. The number of aromatic nitrogens is 3. The summed E-state index contributed by atoms with van der Waals surface area (Å²) in [6.45, 7) is 1.94. The van der Waals surface area contributed by atoms with Crippen LogP contribution in [0.5, 0.6) is 0 Å². The Balaban J connectivity index is 1.92. The lowest BCUT2D eigenvalue weighted by atomic mass is 10.0. The summed E-state index contributed by atoms with van der Waals surface area (Å²) in [5.74, 6) is 0. The number of rotatable bonds is 4. The van der Waals surface area contributed by atoms with Gasteiger partial charge < -0.3 is 10.5 Å². The molecule has 21 heavy (non-hydrogen) atoms. The Morgan fingerprint density at radius 3 is 2.57 bits per heavy atom. The van der Waals surface area contributed by atoms with Crippen molar-refractivity contribution >= 4 is 5.65 Å². The standard InChI is InChI=1S/C16H18N4O/c1-11(17)16(21-2)13-5-3-12(4-6-13)14-9-18-15-7-8-19-20(15)10-14/h3-11,16H,17H2,1-2H3. The van der Waals surface area contributed by atoms with Crippen molar-refractivity contribution in [2.75, 3.05) is 7.11 Å². The smallest absolute Gasteiger partial charge is 0.154 e. The number of benzene rings is 1. The SMILES string of the molecule is COC(c1ccc(-c2cnc3ccnn3c2)cc1)C(C)N. The number of ether oxygens (including phenoxy) is 1. The van der Waals surface area contributed by atoms with Gasteiger partial charge in [-0.2, -0.15) is 5.10 Å². The molecule has 0 aliphatic heterocycles. The summed E-state index contributed by atoms with van der Waals surface area (Å²) in [7, 11) is 1.68. The molecule has 0 aliphatic carbocycles. The first-order valence-electron chi connectivity index (χ1n) is 6.87. The molecule has 0 radical (unpaired) electrons. The molecule has 0 saturated carbocycles. The molecule has 3 rings (SSSR count). The third-order valence-electron chi connectivity index (χ3n) is 3.55. The fraction of sp³-hybridized carbons (Fsp3) is 0.250. The Morgan fingerprint density at radius 2 is 1.90 bits per heavy atom. The summed E-state index contributed by atoms with van der Waals surface area (Å²) in [6.07, 6.45) is 5.47. The van der Waals surface area contributed by atoms with Crippen molar-refractivity contribution in [2.45, 2.75) is 19.1 Å². The Labute approximate surface area is 123 Å². The zero-order chi connectivity index (χ0) is 14.8. The highest BCUT2D eigenvalue weighted by Crippen LogP contribution is 2.24. The van der Waals surface area contributed by atoms with Crippen LogP contribution in [0.3, 0.4) is 0 Å². The largest absolute Gasteiger partial charge is 0.375 e. The van der Waals surface area contributed by atoms with Crippen LogP contribution in [0.15, 0.2) is 48.9 Å². The van der Waals surface area contributed by atoms with E-state index in [0.717, 1.165) is 22.3 Å². The average molecular weight is 282 g/mol. The van der Waals surface area contributed by atoms with Gasteiger partial charge >= 0.3 is 0 Å². The van der Waals surface area contributed by atoms with Gasteiger partial charge in [0.25, 0.3) is 0 Å². The lowest BCUT2D eigenvalue weighted by Crippen LogP contribution is -2.25. The van der Waals surface area contributed by atoms with Crippen LogP contribution in [0.4, 0.5) is 0 Å². The topological polar surface area (TPSA) is 65.4 Å². The third kappa shape index (κ3) is 2.66.